The average molecular weight is 376 g/mol. The Kier molecular flexibility index (Phi) is 5.90. The maximum absolute atomic E-state index is 12.1. The maximum atomic E-state index is 12.1. The molecule has 0 radical (unpaired) electrons. The number of amidine groups is 1. The van der Waals surface area contributed by atoms with Gasteiger partial charge in [0.15, 0.2) is 11.7 Å². The molecular weight excluding hydrogens is 356 g/mol. The Labute approximate surface area is 151 Å². The quantitative estimate of drug-likeness (QED) is 0.277. The van der Waals surface area contributed by atoms with E-state index in [-0.39, 0.29) is 29.7 Å². The molecule has 0 fully saturated rings. The number of carbonyl (C=O) groups is 2. The second-order valence-electron chi connectivity index (χ2n) is 5.69. The predicted molar refractivity (Wildman–Crippen MR) is 98.2 cm³/mol. The number of thiol groups is 1. The molecule has 10 heteroatoms. The molecule has 1 heterocycles. The van der Waals surface area contributed by atoms with Crippen molar-refractivity contribution in [2.45, 2.75) is 18.4 Å². The summed E-state index contributed by atoms with van der Waals surface area (Å²) in [6.07, 6.45) is 4.04. The third-order valence-corrected chi connectivity index (χ3v) is 4.66. The van der Waals surface area contributed by atoms with E-state index in [1.807, 2.05) is 0 Å². The summed E-state index contributed by atoms with van der Waals surface area (Å²) in [5.74, 6) is -1.01. The van der Waals surface area contributed by atoms with Crippen LogP contribution < -0.4 is 15.8 Å². The number of rotatable bonds is 5. The van der Waals surface area contributed by atoms with Crippen LogP contribution in [-0.4, -0.2) is 38.1 Å². The monoisotopic (exact) mass is 376 g/mol. The summed E-state index contributed by atoms with van der Waals surface area (Å²) in [5, 5.41) is 18.2. The molecule has 26 heavy (non-hydrogen) atoms. The third kappa shape index (κ3) is 5.26. The molecule has 1 aromatic heterocycles. The van der Waals surface area contributed by atoms with Gasteiger partial charge in [0, 0.05) is 37.0 Å². The maximum Gasteiger partial charge on any atom is 0.254 e. The largest absolute Gasteiger partial charge is 0.348 e. The van der Waals surface area contributed by atoms with Crippen LogP contribution in [0.25, 0.3) is 0 Å². The fraction of sp³-hybridized carbons (Fsp3) is 0.188. The van der Waals surface area contributed by atoms with Crippen molar-refractivity contribution in [1.82, 2.24) is 20.6 Å². The lowest BCUT2D eigenvalue weighted by Crippen LogP contribution is -2.30. The fourth-order valence-corrected chi connectivity index (χ4v) is 2.74. The van der Waals surface area contributed by atoms with Gasteiger partial charge in [-0.05, 0) is 27.8 Å². The molecule has 0 aliphatic heterocycles. The number of nitrogens with zero attached hydrogens (tertiary/aromatic N) is 2. The zero-order valence-electron chi connectivity index (χ0n) is 14.3. The van der Waals surface area contributed by atoms with Gasteiger partial charge in [-0.15, -0.1) is 0 Å². The lowest BCUT2D eigenvalue weighted by atomic mass is 10.2. The molecule has 0 bridgehead atoms. The molecule has 1 aromatic carbocycles. The summed E-state index contributed by atoms with van der Waals surface area (Å²) >= 11 is 0. The molecule has 2 amide bonds. The molecule has 0 spiro atoms. The third-order valence-electron chi connectivity index (χ3n) is 3.34. The first kappa shape index (κ1) is 19.3. The summed E-state index contributed by atoms with van der Waals surface area (Å²) in [7, 11) is -2.79. The molecule has 5 N–H and O–H groups in total. The van der Waals surface area contributed by atoms with E-state index in [1.54, 1.807) is 24.3 Å². The highest BCUT2D eigenvalue weighted by Gasteiger charge is 2.11. The average Bonchev–Trinajstić information content (AvgIpc) is 2.59. The summed E-state index contributed by atoms with van der Waals surface area (Å²) in [6, 6.07) is 6.83. The number of carbonyl (C=O) groups excluding carboxylic acids is 2. The van der Waals surface area contributed by atoms with Crippen LogP contribution >= 0.6 is 0 Å². The second kappa shape index (κ2) is 7.93. The zero-order chi connectivity index (χ0) is 19.3. The highest BCUT2D eigenvalue weighted by atomic mass is 32.3. The SMILES string of the molecule is CC(=O)NC(=N)c1ncc(C(=O)NCc2ccc([SH](C)(N)=O)cc2)cn1. The van der Waals surface area contributed by atoms with Crippen LogP contribution in [-0.2, 0) is 21.5 Å². The minimum atomic E-state index is -2.79. The van der Waals surface area contributed by atoms with E-state index in [2.05, 4.69) is 20.6 Å². The zero-order valence-corrected chi connectivity index (χ0v) is 15.2. The molecule has 0 saturated carbocycles. The number of hydrogen-bond acceptors (Lipinski definition) is 6. The smallest absolute Gasteiger partial charge is 0.254 e. The van der Waals surface area contributed by atoms with Gasteiger partial charge >= 0.3 is 0 Å². The van der Waals surface area contributed by atoms with Gasteiger partial charge in [0.1, 0.15) is 0 Å². The highest BCUT2D eigenvalue weighted by Crippen LogP contribution is 2.12. The van der Waals surface area contributed by atoms with Gasteiger partial charge in [-0.25, -0.2) is 9.97 Å². The summed E-state index contributed by atoms with van der Waals surface area (Å²) in [5.41, 5.74) is 1.04. The molecule has 138 valence electrons. The van der Waals surface area contributed by atoms with Crippen molar-refractivity contribution >= 4 is 27.8 Å². The predicted octanol–water partition coefficient (Wildman–Crippen LogP) is -0.253. The molecule has 9 nitrogen and oxygen atoms in total. The van der Waals surface area contributed by atoms with Crippen molar-refractivity contribution < 1.29 is 13.8 Å². The van der Waals surface area contributed by atoms with Crippen LogP contribution in [0.3, 0.4) is 0 Å². The van der Waals surface area contributed by atoms with Gasteiger partial charge in [-0.3, -0.25) is 24.3 Å². The minimum Gasteiger partial charge on any atom is -0.348 e. The van der Waals surface area contributed by atoms with Crippen LogP contribution in [0.15, 0.2) is 41.6 Å². The number of nitrogens with one attached hydrogen (secondary N) is 3. The molecule has 2 rings (SSSR count). The number of benzene rings is 1. The van der Waals surface area contributed by atoms with Gasteiger partial charge in [-0.1, -0.05) is 12.1 Å². The van der Waals surface area contributed by atoms with Crippen molar-refractivity contribution in [1.29, 1.82) is 5.41 Å². The Bertz CT molecular complexity index is 874. The van der Waals surface area contributed by atoms with Gasteiger partial charge < -0.3 is 10.6 Å². The summed E-state index contributed by atoms with van der Waals surface area (Å²) in [4.78, 5) is 31.4. The Morgan fingerprint density at radius 1 is 1.19 bits per heavy atom. The van der Waals surface area contributed by atoms with Gasteiger partial charge in [0.25, 0.3) is 5.91 Å². The second-order valence-corrected chi connectivity index (χ2v) is 8.19. The van der Waals surface area contributed by atoms with Crippen molar-refractivity contribution in [3.05, 3.63) is 53.6 Å². The Morgan fingerprint density at radius 3 is 2.27 bits per heavy atom. The van der Waals surface area contributed by atoms with Crippen molar-refractivity contribution in [2.75, 3.05) is 6.26 Å². The molecule has 0 unspecified atom stereocenters. The molecule has 0 atom stereocenters. The molecular formula is C16H20N6O3S. The molecule has 2 aromatic rings. The van der Waals surface area contributed by atoms with E-state index in [9.17, 15) is 13.8 Å². The van der Waals surface area contributed by atoms with E-state index >= 15 is 0 Å². The van der Waals surface area contributed by atoms with Crippen LogP contribution in [0.5, 0.6) is 0 Å². The van der Waals surface area contributed by atoms with Crippen LogP contribution in [0, 0.1) is 5.41 Å². The van der Waals surface area contributed by atoms with Crippen LogP contribution in [0.2, 0.25) is 0 Å². The number of nitrogens with two attached hydrogens (primary N) is 1. The summed E-state index contributed by atoms with van der Waals surface area (Å²) < 4.78 is 11.8. The fourth-order valence-electron chi connectivity index (χ4n) is 2.00. The lowest BCUT2D eigenvalue weighted by Gasteiger charge is -2.13. The van der Waals surface area contributed by atoms with Gasteiger partial charge in [-0.2, -0.15) is 0 Å². The Morgan fingerprint density at radius 2 is 1.77 bits per heavy atom. The van der Waals surface area contributed by atoms with Crippen LogP contribution in [0.1, 0.15) is 28.7 Å². The molecule has 0 aliphatic rings. The van der Waals surface area contributed by atoms with E-state index in [1.165, 1.54) is 25.6 Å². The van der Waals surface area contributed by atoms with E-state index in [4.69, 9.17) is 10.5 Å². The van der Waals surface area contributed by atoms with Crippen LogP contribution in [0.4, 0.5) is 0 Å². The van der Waals surface area contributed by atoms with Crippen molar-refractivity contribution in [3.8, 4) is 0 Å². The van der Waals surface area contributed by atoms with E-state index < -0.39 is 16.0 Å². The van der Waals surface area contributed by atoms with E-state index in [0.29, 0.717) is 4.90 Å². The topological polar surface area (TPSA) is 151 Å². The summed E-state index contributed by atoms with van der Waals surface area (Å²) in [6.45, 7) is 1.54. The number of aromatic nitrogens is 2. The van der Waals surface area contributed by atoms with Gasteiger partial charge in [0.2, 0.25) is 5.91 Å². The first-order chi connectivity index (χ1) is 12.2. The number of hydrogen-bond donors (Lipinski definition) is 5. The van der Waals surface area contributed by atoms with Gasteiger partial charge in [0.05, 0.1) is 5.56 Å². The van der Waals surface area contributed by atoms with E-state index in [0.717, 1.165) is 5.56 Å². The normalized spacial score (nSPS) is 11.5. The number of amides is 2. The molecule has 0 aliphatic carbocycles. The van der Waals surface area contributed by atoms with Crippen molar-refractivity contribution in [3.63, 3.8) is 0 Å². The molecule has 0 saturated heterocycles. The Balaban J connectivity index is 1.96. The minimum absolute atomic E-state index is 0.0121. The Hall–Kier alpha value is -2.98. The first-order valence-corrected chi connectivity index (χ1v) is 9.81. The first-order valence-electron chi connectivity index (χ1n) is 7.59. The highest BCUT2D eigenvalue weighted by molar-refractivity contribution is 8.00. The standard InChI is InChI=1S/C16H20N6O3S/c1-10(23)22-14(17)15-19-8-12(9-20-15)16(24)21-7-11-3-5-13(6-4-11)26(2,18)25/h3-6,8-9,26H,7H2,1-2H3,(H2,18,25)(H,21,24)(H2,17,22,23). The van der Waals surface area contributed by atoms with Crippen molar-refractivity contribution in [2.24, 2.45) is 5.14 Å². The lowest BCUT2D eigenvalue weighted by molar-refractivity contribution is -0.117.